The Morgan fingerprint density at radius 1 is 1.36 bits per heavy atom. The number of carbonyl (C=O) groups is 2. The van der Waals surface area contributed by atoms with E-state index >= 15 is 0 Å². The third-order valence-corrected chi connectivity index (χ3v) is 4.17. The number of fused-ring (bicyclic) bond motifs is 1. The van der Waals surface area contributed by atoms with Crippen molar-refractivity contribution in [1.82, 2.24) is 9.80 Å². The minimum atomic E-state index is -0.244. The van der Waals surface area contributed by atoms with Gasteiger partial charge in [0.15, 0.2) is 0 Å². The first-order valence-corrected chi connectivity index (χ1v) is 7.43. The highest BCUT2D eigenvalue weighted by atomic mass is 16.5. The number of rotatable bonds is 4. The van der Waals surface area contributed by atoms with Crippen molar-refractivity contribution in [3.8, 4) is 5.75 Å². The highest BCUT2D eigenvalue weighted by molar-refractivity contribution is 6.02. The largest absolute Gasteiger partial charge is 0.491 e. The van der Waals surface area contributed by atoms with Crippen molar-refractivity contribution in [3.05, 3.63) is 29.3 Å². The first-order chi connectivity index (χ1) is 10.6. The molecule has 1 aromatic rings. The van der Waals surface area contributed by atoms with Crippen LogP contribution in [0.5, 0.6) is 5.75 Å². The molecule has 1 fully saturated rings. The van der Waals surface area contributed by atoms with Crippen molar-refractivity contribution in [3.63, 3.8) is 0 Å². The van der Waals surface area contributed by atoms with Crippen LogP contribution in [0, 0.1) is 6.92 Å². The first kappa shape index (κ1) is 14.8. The highest BCUT2D eigenvalue weighted by Crippen LogP contribution is 2.31. The number of methoxy groups -OCH3 is 1. The third kappa shape index (κ3) is 2.54. The molecule has 22 heavy (non-hydrogen) atoms. The van der Waals surface area contributed by atoms with Crippen LogP contribution < -0.4 is 4.74 Å². The van der Waals surface area contributed by atoms with Crippen molar-refractivity contribution in [1.29, 1.82) is 0 Å². The summed E-state index contributed by atoms with van der Waals surface area (Å²) in [4.78, 5) is 27.5. The molecule has 0 spiro atoms. The molecule has 0 radical (unpaired) electrons. The summed E-state index contributed by atoms with van der Waals surface area (Å²) in [5, 5.41) is 0. The Kier molecular flexibility index (Phi) is 4.02. The van der Waals surface area contributed by atoms with Gasteiger partial charge in [-0.05, 0) is 18.1 Å². The average Bonchev–Trinajstić information content (AvgIpc) is 2.79. The van der Waals surface area contributed by atoms with E-state index in [1.807, 2.05) is 25.1 Å². The van der Waals surface area contributed by atoms with Crippen molar-refractivity contribution >= 4 is 11.9 Å². The zero-order valence-corrected chi connectivity index (χ0v) is 12.9. The summed E-state index contributed by atoms with van der Waals surface area (Å²) in [6.45, 7) is 3.33. The number of imide groups is 1. The second-order valence-electron chi connectivity index (χ2n) is 5.69. The number of para-hydroxylation sites is 1. The zero-order valence-electron chi connectivity index (χ0n) is 12.9. The molecule has 3 amide bonds. The normalized spacial score (nSPS) is 21.1. The average molecular weight is 304 g/mol. The van der Waals surface area contributed by atoms with Crippen molar-refractivity contribution in [2.75, 3.05) is 33.4 Å². The molecule has 6 heteroatoms. The fourth-order valence-electron chi connectivity index (χ4n) is 3.04. The van der Waals surface area contributed by atoms with Gasteiger partial charge in [-0.3, -0.25) is 9.69 Å². The molecule has 118 valence electrons. The molecule has 2 aliphatic heterocycles. The van der Waals surface area contributed by atoms with Crippen LogP contribution >= 0.6 is 0 Å². The van der Waals surface area contributed by atoms with Crippen LogP contribution in [0.1, 0.15) is 11.1 Å². The molecule has 2 aliphatic rings. The predicted octanol–water partition coefficient (Wildman–Crippen LogP) is 1.21. The Balaban J connectivity index is 1.75. The summed E-state index contributed by atoms with van der Waals surface area (Å²) >= 11 is 0. The van der Waals surface area contributed by atoms with E-state index in [0.29, 0.717) is 26.2 Å². The number of aryl methyl sites for hydroxylation is 1. The smallest absolute Gasteiger partial charge is 0.327 e. The van der Waals surface area contributed by atoms with Gasteiger partial charge >= 0.3 is 6.03 Å². The Morgan fingerprint density at radius 3 is 2.95 bits per heavy atom. The molecule has 1 unspecified atom stereocenters. The van der Waals surface area contributed by atoms with Gasteiger partial charge in [0.1, 0.15) is 18.9 Å². The number of benzene rings is 1. The molecule has 0 aromatic heterocycles. The Hall–Kier alpha value is -2.08. The van der Waals surface area contributed by atoms with E-state index in [1.54, 1.807) is 7.11 Å². The fourth-order valence-corrected chi connectivity index (χ4v) is 3.04. The van der Waals surface area contributed by atoms with Gasteiger partial charge in [-0.15, -0.1) is 0 Å². The fraction of sp³-hybridized carbons (Fsp3) is 0.500. The molecule has 0 saturated carbocycles. The summed E-state index contributed by atoms with van der Waals surface area (Å²) in [5.41, 5.74) is 2.13. The van der Waals surface area contributed by atoms with Gasteiger partial charge in [0, 0.05) is 20.1 Å². The number of hydrogen-bond acceptors (Lipinski definition) is 4. The molecule has 3 rings (SSSR count). The SMILES string of the molecule is COCCN1CC(=O)N(C2COc3c(C)cccc3C2)C1=O. The number of carbonyl (C=O) groups excluding carboxylic acids is 2. The van der Waals surface area contributed by atoms with Gasteiger partial charge in [0.25, 0.3) is 5.91 Å². The number of amides is 3. The van der Waals surface area contributed by atoms with Crippen LogP contribution in [0.3, 0.4) is 0 Å². The molecule has 1 atom stereocenters. The van der Waals surface area contributed by atoms with E-state index in [0.717, 1.165) is 16.9 Å². The van der Waals surface area contributed by atoms with E-state index in [2.05, 4.69) is 0 Å². The summed E-state index contributed by atoms with van der Waals surface area (Å²) in [6, 6.07) is 5.48. The molecule has 0 bridgehead atoms. The van der Waals surface area contributed by atoms with Gasteiger partial charge in [0.2, 0.25) is 0 Å². The second kappa shape index (κ2) is 5.96. The Morgan fingerprint density at radius 2 is 2.18 bits per heavy atom. The lowest BCUT2D eigenvalue weighted by atomic mass is 9.99. The summed E-state index contributed by atoms with van der Waals surface area (Å²) < 4.78 is 10.8. The zero-order chi connectivity index (χ0) is 15.7. The van der Waals surface area contributed by atoms with Crippen molar-refractivity contribution in [2.24, 2.45) is 0 Å². The second-order valence-corrected chi connectivity index (χ2v) is 5.69. The molecule has 6 nitrogen and oxygen atoms in total. The van der Waals surface area contributed by atoms with Crippen LogP contribution in [0.25, 0.3) is 0 Å². The maximum absolute atomic E-state index is 12.4. The van der Waals surface area contributed by atoms with E-state index < -0.39 is 0 Å². The van der Waals surface area contributed by atoms with Crippen LogP contribution in [0.2, 0.25) is 0 Å². The molecule has 1 aromatic carbocycles. The van der Waals surface area contributed by atoms with Crippen LogP contribution in [0.4, 0.5) is 4.79 Å². The van der Waals surface area contributed by atoms with Gasteiger partial charge in [-0.1, -0.05) is 18.2 Å². The lowest BCUT2D eigenvalue weighted by molar-refractivity contribution is -0.127. The standard InChI is InChI=1S/C16H20N2O4/c1-11-4-3-5-12-8-13(10-22-15(11)12)18-14(19)9-17(16(18)20)6-7-21-2/h3-5,13H,6-10H2,1-2H3. The number of ether oxygens (including phenoxy) is 2. The molecular weight excluding hydrogens is 284 g/mol. The van der Waals surface area contributed by atoms with Gasteiger partial charge in [0.05, 0.1) is 12.6 Å². The molecular formula is C16H20N2O4. The lowest BCUT2D eigenvalue weighted by Crippen LogP contribution is -2.47. The van der Waals surface area contributed by atoms with Gasteiger partial charge < -0.3 is 14.4 Å². The first-order valence-electron chi connectivity index (χ1n) is 7.43. The predicted molar refractivity (Wildman–Crippen MR) is 79.9 cm³/mol. The lowest BCUT2D eigenvalue weighted by Gasteiger charge is -2.31. The number of hydrogen-bond donors (Lipinski definition) is 0. The van der Waals surface area contributed by atoms with Crippen LogP contribution in [-0.4, -0.2) is 61.2 Å². The van der Waals surface area contributed by atoms with Crippen molar-refractivity contribution in [2.45, 2.75) is 19.4 Å². The summed E-state index contributed by atoms with van der Waals surface area (Å²) in [5.74, 6) is 0.722. The van der Waals surface area contributed by atoms with E-state index in [1.165, 1.54) is 9.80 Å². The van der Waals surface area contributed by atoms with E-state index in [-0.39, 0.29) is 24.5 Å². The minimum Gasteiger partial charge on any atom is -0.491 e. The molecule has 0 N–H and O–H groups in total. The van der Waals surface area contributed by atoms with Gasteiger partial charge in [-0.2, -0.15) is 0 Å². The number of nitrogens with zero attached hydrogens (tertiary/aromatic N) is 2. The molecule has 0 aliphatic carbocycles. The molecule has 2 heterocycles. The topological polar surface area (TPSA) is 59.1 Å². The quantitative estimate of drug-likeness (QED) is 0.785. The molecule has 1 saturated heterocycles. The third-order valence-electron chi connectivity index (χ3n) is 4.17. The monoisotopic (exact) mass is 304 g/mol. The van der Waals surface area contributed by atoms with Crippen LogP contribution in [-0.2, 0) is 16.0 Å². The van der Waals surface area contributed by atoms with E-state index in [9.17, 15) is 9.59 Å². The summed E-state index contributed by atoms with van der Waals surface area (Å²) in [6.07, 6.45) is 0.645. The number of urea groups is 1. The Bertz CT molecular complexity index is 602. The van der Waals surface area contributed by atoms with E-state index in [4.69, 9.17) is 9.47 Å². The minimum absolute atomic E-state index is 0.124. The van der Waals surface area contributed by atoms with Crippen LogP contribution in [0.15, 0.2) is 18.2 Å². The maximum atomic E-state index is 12.4. The maximum Gasteiger partial charge on any atom is 0.327 e. The highest BCUT2D eigenvalue weighted by Gasteiger charge is 2.41. The Labute approximate surface area is 129 Å². The van der Waals surface area contributed by atoms with Gasteiger partial charge in [-0.25, -0.2) is 4.79 Å². The summed E-state index contributed by atoms with van der Waals surface area (Å²) in [7, 11) is 1.58. The van der Waals surface area contributed by atoms with Crippen molar-refractivity contribution < 1.29 is 19.1 Å².